The Morgan fingerprint density at radius 3 is 2.95 bits per heavy atom. The molecule has 20 heavy (non-hydrogen) atoms. The van der Waals surface area contributed by atoms with Crippen LogP contribution in [0.2, 0.25) is 0 Å². The molecule has 0 aromatic carbocycles. The van der Waals surface area contributed by atoms with Crippen molar-refractivity contribution in [3.8, 4) is 0 Å². The first-order chi connectivity index (χ1) is 9.81. The van der Waals surface area contributed by atoms with Crippen LogP contribution >= 0.6 is 0 Å². The Balaban J connectivity index is 1.65. The Morgan fingerprint density at radius 2 is 2.20 bits per heavy atom. The molecule has 0 saturated carbocycles. The van der Waals surface area contributed by atoms with Crippen molar-refractivity contribution in [2.24, 2.45) is 5.73 Å². The summed E-state index contributed by atoms with van der Waals surface area (Å²) < 4.78 is 0. The Morgan fingerprint density at radius 1 is 1.25 bits per heavy atom. The highest BCUT2D eigenvalue weighted by molar-refractivity contribution is 5.43. The summed E-state index contributed by atoms with van der Waals surface area (Å²) in [5.41, 5.74) is 6.89. The summed E-state index contributed by atoms with van der Waals surface area (Å²) in [6.45, 7) is 2.43. The van der Waals surface area contributed by atoms with Crippen molar-refractivity contribution in [3.05, 3.63) is 42.4 Å². The number of pyridine rings is 1. The molecular weight excluding hydrogens is 252 g/mol. The highest BCUT2D eigenvalue weighted by Crippen LogP contribution is 2.17. The molecular formula is C14H18N6. The second-order valence-electron chi connectivity index (χ2n) is 4.91. The van der Waals surface area contributed by atoms with Crippen molar-refractivity contribution in [1.82, 2.24) is 15.0 Å². The highest BCUT2D eigenvalue weighted by Gasteiger charge is 2.20. The molecule has 0 unspecified atom stereocenters. The molecule has 1 fully saturated rings. The second kappa shape index (κ2) is 5.83. The molecule has 2 aromatic heterocycles. The van der Waals surface area contributed by atoms with Gasteiger partial charge >= 0.3 is 0 Å². The summed E-state index contributed by atoms with van der Waals surface area (Å²) in [6, 6.07) is 8.00. The van der Waals surface area contributed by atoms with E-state index in [0.717, 1.165) is 31.0 Å². The van der Waals surface area contributed by atoms with Crippen LogP contribution in [0.4, 0.5) is 11.8 Å². The predicted molar refractivity (Wildman–Crippen MR) is 78.4 cm³/mol. The molecule has 0 radical (unpaired) electrons. The van der Waals surface area contributed by atoms with E-state index in [9.17, 15) is 0 Å². The summed E-state index contributed by atoms with van der Waals surface area (Å²) in [5.74, 6) is 1.55. The van der Waals surface area contributed by atoms with Gasteiger partial charge in [-0.25, -0.2) is 4.98 Å². The average Bonchev–Trinajstić information content (AvgIpc) is 2.93. The van der Waals surface area contributed by atoms with Gasteiger partial charge in [-0.05, 0) is 24.6 Å². The van der Waals surface area contributed by atoms with E-state index in [1.54, 1.807) is 12.4 Å². The lowest BCUT2D eigenvalue weighted by atomic mass is 10.3. The normalized spacial score (nSPS) is 18.2. The van der Waals surface area contributed by atoms with E-state index in [0.29, 0.717) is 12.5 Å². The lowest BCUT2D eigenvalue weighted by Gasteiger charge is -2.17. The molecule has 1 saturated heterocycles. The predicted octanol–water partition coefficient (Wildman–Crippen LogP) is 1.02. The number of aromatic nitrogens is 3. The molecule has 0 aliphatic carbocycles. The SMILES string of the molecule is N[C@@H]1CCN(c2ccnc(NCc3ccccn3)n2)C1. The van der Waals surface area contributed by atoms with Gasteiger partial charge in [-0.2, -0.15) is 4.98 Å². The smallest absolute Gasteiger partial charge is 0.224 e. The molecule has 1 atom stereocenters. The van der Waals surface area contributed by atoms with Gasteiger partial charge in [-0.15, -0.1) is 0 Å². The minimum atomic E-state index is 0.245. The van der Waals surface area contributed by atoms with Crippen LogP contribution in [-0.4, -0.2) is 34.1 Å². The Hall–Kier alpha value is -2.21. The minimum absolute atomic E-state index is 0.245. The Kier molecular flexibility index (Phi) is 3.73. The molecule has 3 rings (SSSR count). The molecule has 6 heteroatoms. The number of anilines is 2. The van der Waals surface area contributed by atoms with Gasteiger partial charge in [0.15, 0.2) is 0 Å². The van der Waals surface area contributed by atoms with Crippen LogP contribution in [0.25, 0.3) is 0 Å². The molecule has 0 spiro atoms. The minimum Gasteiger partial charge on any atom is -0.355 e. The molecule has 2 aromatic rings. The van der Waals surface area contributed by atoms with E-state index in [-0.39, 0.29) is 6.04 Å². The van der Waals surface area contributed by atoms with Gasteiger partial charge in [0.2, 0.25) is 5.95 Å². The summed E-state index contributed by atoms with van der Waals surface area (Å²) in [7, 11) is 0. The second-order valence-corrected chi connectivity index (χ2v) is 4.91. The van der Waals surface area contributed by atoms with Gasteiger partial charge < -0.3 is 16.0 Å². The third-order valence-electron chi connectivity index (χ3n) is 3.34. The first kappa shape index (κ1) is 12.8. The van der Waals surface area contributed by atoms with Gasteiger partial charge in [0.1, 0.15) is 5.82 Å². The van der Waals surface area contributed by atoms with Crippen molar-refractivity contribution in [2.45, 2.75) is 19.0 Å². The van der Waals surface area contributed by atoms with Crippen molar-refractivity contribution in [1.29, 1.82) is 0 Å². The van der Waals surface area contributed by atoms with Crippen LogP contribution in [-0.2, 0) is 6.54 Å². The highest BCUT2D eigenvalue weighted by atomic mass is 15.2. The zero-order chi connectivity index (χ0) is 13.8. The summed E-state index contributed by atoms with van der Waals surface area (Å²) in [4.78, 5) is 15.2. The summed E-state index contributed by atoms with van der Waals surface area (Å²) in [6.07, 6.45) is 4.56. The van der Waals surface area contributed by atoms with Crippen LogP contribution < -0.4 is 16.0 Å². The van der Waals surface area contributed by atoms with Crippen LogP contribution in [0.1, 0.15) is 12.1 Å². The maximum absolute atomic E-state index is 5.93. The number of nitrogens with two attached hydrogens (primary N) is 1. The van der Waals surface area contributed by atoms with Crippen LogP contribution in [0.15, 0.2) is 36.7 Å². The monoisotopic (exact) mass is 270 g/mol. The topological polar surface area (TPSA) is 80.0 Å². The molecule has 1 aliphatic rings. The first-order valence-electron chi connectivity index (χ1n) is 6.78. The lowest BCUT2D eigenvalue weighted by Crippen LogP contribution is -2.27. The summed E-state index contributed by atoms with van der Waals surface area (Å²) >= 11 is 0. The van der Waals surface area contributed by atoms with Crippen LogP contribution in [0.3, 0.4) is 0 Å². The molecule has 0 bridgehead atoms. The van der Waals surface area contributed by atoms with E-state index >= 15 is 0 Å². The molecule has 3 N–H and O–H groups in total. The van der Waals surface area contributed by atoms with Gasteiger partial charge in [0.25, 0.3) is 0 Å². The Labute approximate surface area is 118 Å². The maximum atomic E-state index is 5.93. The number of hydrogen-bond donors (Lipinski definition) is 2. The van der Waals surface area contributed by atoms with Crippen LogP contribution in [0, 0.1) is 0 Å². The molecule has 104 valence electrons. The van der Waals surface area contributed by atoms with E-state index in [1.165, 1.54) is 0 Å². The van der Waals surface area contributed by atoms with E-state index in [2.05, 4.69) is 25.2 Å². The van der Waals surface area contributed by atoms with Gasteiger partial charge in [-0.1, -0.05) is 6.07 Å². The number of hydrogen-bond acceptors (Lipinski definition) is 6. The fourth-order valence-corrected chi connectivity index (χ4v) is 2.28. The standard InChI is InChI=1S/C14H18N6/c15-11-5-8-20(10-11)13-4-7-17-14(19-13)18-9-12-3-1-2-6-16-12/h1-4,6-7,11H,5,8-10,15H2,(H,17,18,19)/t11-/m1/s1. The fraction of sp³-hybridized carbons (Fsp3) is 0.357. The molecule has 1 aliphatic heterocycles. The maximum Gasteiger partial charge on any atom is 0.224 e. The van der Waals surface area contributed by atoms with Crippen LogP contribution in [0.5, 0.6) is 0 Å². The number of rotatable bonds is 4. The van der Waals surface area contributed by atoms with Gasteiger partial charge in [-0.3, -0.25) is 4.98 Å². The van der Waals surface area contributed by atoms with E-state index in [4.69, 9.17) is 5.73 Å². The first-order valence-corrected chi connectivity index (χ1v) is 6.78. The van der Waals surface area contributed by atoms with Crippen molar-refractivity contribution >= 4 is 11.8 Å². The van der Waals surface area contributed by atoms with E-state index in [1.807, 2.05) is 24.3 Å². The average molecular weight is 270 g/mol. The number of nitrogens with one attached hydrogen (secondary N) is 1. The van der Waals surface area contributed by atoms with Gasteiger partial charge in [0, 0.05) is 31.5 Å². The third kappa shape index (κ3) is 3.03. The Bertz CT molecular complexity index is 559. The number of nitrogens with zero attached hydrogens (tertiary/aromatic N) is 4. The lowest BCUT2D eigenvalue weighted by molar-refractivity contribution is 0.751. The van der Waals surface area contributed by atoms with E-state index < -0.39 is 0 Å². The molecule has 3 heterocycles. The largest absolute Gasteiger partial charge is 0.355 e. The molecule has 6 nitrogen and oxygen atoms in total. The fourth-order valence-electron chi connectivity index (χ4n) is 2.28. The van der Waals surface area contributed by atoms with Crippen molar-refractivity contribution in [2.75, 3.05) is 23.3 Å². The molecule has 0 amide bonds. The quantitative estimate of drug-likeness (QED) is 0.863. The zero-order valence-corrected chi connectivity index (χ0v) is 11.2. The summed E-state index contributed by atoms with van der Waals surface area (Å²) in [5, 5.41) is 3.19. The van der Waals surface area contributed by atoms with Gasteiger partial charge in [0.05, 0.1) is 12.2 Å². The third-order valence-corrected chi connectivity index (χ3v) is 3.34. The zero-order valence-electron chi connectivity index (χ0n) is 11.2. The van der Waals surface area contributed by atoms with Crippen molar-refractivity contribution in [3.63, 3.8) is 0 Å². The van der Waals surface area contributed by atoms with Crippen molar-refractivity contribution < 1.29 is 0 Å².